The number of nitrogens with zero attached hydrogens (tertiary/aromatic N) is 2. The molecule has 0 saturated heterocycles. The number of halogens is 1. The monoisotopic (exact) mass is 421 g/mol. The molecule has 1 aromatic carbocycles. The number of carbonyl (C=O) groups excluding carboxylic acids is 1. The minimum atomic E-state index is -0.0911. The number of nitrogens with one attached hydrogen (secondary N) is 1. The number of aromatic nitrogens is 2. The van der Waals surface area contributed by atoms with Crippen LogP contribution in [0.3, 0.4) is 0 Å². The summed E-state index contributed by atoms with van der Waals surface area (Å²) in [5.41, 5.74) is 1.13. The number of hydrogen-bond donors (Lipinski definition) is 1. The summed E-state index contributed by atoms with van der Waals surface area (Å²) in [6, 6.07) is 13.2. The van der Waals surface area contributed by atoms with Crippen molar-refractivity contribution in [1.29, 1.82) is 0 Å². The molecule has 4 aliphatic carbocycles. The molecule has 4 bridgehead atoms. The minimum absolute atomic E-state index is 0.0479. The van der Waals surface area contributed by atoms with Crippen LogP contribution < -0.4 is 10.1 Å². The van der Waals surface area contributed by atoms with Gasteiger partial charge in [-0.2, -0.15) is 4.98 Å². The minimum Gasteiger partial charge on any atom is -0.425 e. The van der Waals surface area contributed by atoms with Crippen molar-refractivity contribution in [3.63, 3.8) is 0 Å². The van der Waals surface area contributed by atoms with Gasteiger partial charge < -0.3 is 10.1 Å². The molecule has 0 spiro atoms. The highest BCUT2D eigenvalue weighted by atomic mass is 35.5. The zero-order valence-electron chi connectivity index (χ0n) is 16.7. The molecule has 0 unspecified atom stereocenters. The topological polar surface area (TPSA) is 55.6 Å². The molecule has 0 atom stereocenters. The Morgan fingerprint density at radius 1 is 1.03 bits per heavy atom. The van der Waals surface area contributed by atoms with Gasteiger partial charge in [0.2, 0.25) is 0 Å². The van der Waals surface area contributed by atoms with E-state index in [1.807, 2.05) is 28.8 Å². The van der Waals surface area contributed by atoms with Crippen LogP contribution in [0, 0.1) is 17.8 Å². The predicted octanol–water partition coefficient (Wildman–Crippen LogP) is 5.48. The molecule has 0 aliphatic heterocycles. The lowest BCUT2D eigenvalue weighted by Crippen LogP contribution is -2.59. The zero-order valence-corrected chi connectivity index (χ0v) is 17.4. The van der Waals surface area contributed by atoms with Gasteiger partial charge in [-0.3, -0.25) is 9.20 Å². The Morgan fingerprint density at radius 3 is 2.37 bits per heavy atom. The third-order valence-corrected chi connectivity index (χ3v) is 7.42. The van der Waals surface area contributed by atoms with Crippen molar-refractivity contribution in [2.24, 2.45) is 17.8 Å². The summed E-state index contributed by atoms with van der Waals surface area (Å²) >= 11 is 5.97. The van der Waals surface area contributed by atoms with Gasteiger partial charge in [-0.15, -0.1) is 0 Å². The third kappa shape index (κ3) is 3.07. The van der Waals surface area contributed by atoms with E-state index in [1.54, 1.807) is 24.3 Å². The molecular formula is C24H24ClN3O2. The smallest absolute Gasteiger partial charge is 0.307 e. The van der Waals surface area contributed by atoms with Crippen molar-refractivity contribution in [1.82, 2.24) is 14.7 Å². The Labute approximate surface area is 180 Å². The Bertz CT molecular complexity index is 1090. The summed E-state index contributed by atoms with van der Waals surface area (Å²) in [5.74, 6) is 2.87. The maximum absolute atomic E-state index is 13.4. The second kappa shape index (κ2) is 6.74. The fourth-order valence-corrected chi connectivity index (χ4v) is 6.55. The third-order valence-electron chi connectivity index (χ3n) is 7.17. The summed E-state index contributed by atoms with van der Waals surface area (Å²) < 4.78 is 7.81. The average Bonchev–Trinajstić information content (AvgIpc) is 3.07. The number of rotatable bonds is 4. The van der Waals surface area contributed by atoms with Crippen LogP contribution in [0.25, 0.3) is 5.52 Å². The zero-order chi connectivity index (χ0) is 20.3. The molecule has 1 N–H and O–H groups in total. The summed E-state index contributed by atoms with van der Waals surface area (Å²) in [4.78, 5) is 18.0. The first kappa shape index (κ1) is 18.3. The van der Waals surface area contributed by atoms with Crippen LogP contribution in [0.1, 0.15) is 49.0 Å². The Balaban J connectivity index is 1.31. The Hall–Kier alpha value is -2.53. The van der Waals surface area contributed by atoms with Crippen LogP contribution in [0.15, 0.2) is 48.7 Å². The van der Waals surface area contributed by atoms with E-state index in [0.717, 1.165) is 42.5 Å². The molecule has 1 amide bonds. The summed E-state index contributed by atoms with van der Waals surface area (Å²) in [5, 5.41) is 4.07. The molecule has 6 heteroatoms. The van der Waals surface area contributed by atoms with Gasteiger partial charge >= 0.3 is 6.01 Å². The van der Waals surface area contributed by atoms with Crippen LogP contribution in [-0.4, -0.2) is 20.8 Å². The van der Waals surface area contributed by atoms with Gasteiger partial charge in [0.1, 0.15) is 5.75 Å². The van der Waals surface area contributed by atoms with E-state index in [1.165, 1.54) is 19.3 Å². The number of pyridine rings is 1. The van der Waals surface area contributed by atoms with E-state index in [-0.39, 0.29) is 11.4 Å². The number of imidazole rings is 1. The standard InChI is InChI=1S/C24H24ClN3O2/c25-18-4-6-19(7-5-18)30-23-26-21(20-3-1-2-8-28(20)23)22(29)27-24-12-15-9-16(13-24)11-17(10-15)14-24/h1-8,15-17H,9-14H2,(H,27,29). The number of amides is 1. The Morgan fingerprint density at radius 2 is 1.70 bits per heavy atom. The second-order valence-electron chi connectivity index (χ2n) is 9.41. The molecule has 2 aromatic heterocycles. The number of hydrogen-bond acceptors (Lipinski definition) is 3. The summed E-state index contributed by atoms with van der Waals surface area (Å²) in [6.07, 6.45) is 9.26. The van der Waals surface area contributed by atoms with Crippen molar-refractivity contribution in [2.75, 3.05) is 0 Å². The van der Waals surface area contributed by atoms with Gasteiger partial charge in [-0.25, -0.2) is 0 Å². The first-order chi connectivity index (χ1) is 14.6. The van der Waals surface area contributed by atoms with E-state index in [9.17, 15) is 4.79 Å². The first-order valence-electron chi connectivity index (χ1n) is 10.8. The molecule has 30 heavy (non-hydrogen) atoms. The molecular weight excluding hydrogens is 398 g/mol. The van der Waals surface area contributed by atoms with E-state index in [0.29, 0.717) is 22.5 Å². The van der Waals surface area contributed by atoms with Gasteiger partial charge in [-0.05, 0) is 92.7 Å². The maximum Gasteiger partial charge on any atom is 0.307 e. The largest absolute Gasteiger partial charge is 0.425 e. The van der Waals surface area contributed by atoms with Crippen LogP contribution in [0.2, 0.25) is 5.02 Å². The van der Waals surface area contributed by atoms with Gasteiger partial charge in [-0.1, -0.05) is 17.7 Å². The van der Waals surface area contributed by atoms with Crippen LogP contribution >= 0.6 is 11.6 Å². The van der Waals surface area contributed by atoms with Crippen molar-refractivity contribution in [3.8, 4) is 11.8 Å². The fourth-order valence-electron chi connectivity index (χ4n) is 6.42. The number of carbonyl (C=O) groups is 1. The SMILES string of the molecule is O=C(NC12CC3CC(CC(C3)C1)C2)c1nc(Oc2ccc(Cl)cc2)n2ccccc12. The fraction of sp³-hybridized carbons (Fsp3) is 0.417. The van der Waals surface area contributed by atoms with Gasteiger partial charge in [0.05, 0.1) is 5.52 Å². The van der Waals surface area contributed by atoms with Crippen molar-refractivity contribution >= 4 is 23.0 Å². The molecule has 5 nitrogen and oxygen atoms in total. The van der Waals surface area contributed by atoms with Crippen LogP contribution in [0.5, 0.6) is 11.8 Å². The lowest BCUT2D eigenvalue weighted by Gasteiger charge is -2.56. The molecule has 7 rings (SSSR count). The van der Waals surface area contributed by atoms with E-state index in [2.05, 4.69) is 10.3 Å². The van der Waals surface area contributed by atoms with E-state index in [4.69, 9.17) is 16.3 Å². The number of fused-ring (bicyclic) bond motifs is 1. The molecule has 4 saturated carbocycles. The lowest BCUT2D eigenvalue weighted by molar-refractivity contribution is -0.0167. The molecule has 4 fully saturated rings. The van der Waals surface area contributed by atoms with Crippen molar-refractivity contribution < 1.29 is 9.53 Å². The van der Waals surface area contributed by atoms with E-state index >= 15 is 0 Å². The predicted molar refractivity (Wildman–Crippen MR) is 115 cm³/mol. The highest BCUT2D eigenvalue weighted by molar-refractivity contribution is 6.30. The number of benzene rings is 1. The molecule has 2 heterocycles. The normalized spacial score (nSPS) is 29.3. The Kier molecular flexibility index (Phi) is 4.10. The average molecular weight is 422 g/mol. The maximum atomic E-state index is 13.4. The van der Waals surface area contributed by atoms with Crippen LogP contribution in [-0.2, 0) is 0 Å². The van der Waals surface area contributed by atoms with E-state index < -0.39 is 0 Å². The van der Waals surface area contributed by atoms with Gasteiger partial charge in [0.25, 0.3) is 5.91 Å². The number of ether oxygens (including phenoxy) is 1. The summed E-state index contributed by atoms with van der Waals surface area (Å²) in [7, 11) is 0. The summed E-state index contributed by atoms with van der Waals surface area (Å²) in [6.45, 7) is 0. The quantitative estimate of drug-likeness (QED) is 0.607. The van der Waals surface area contributed by atoms with Crippen molar-refractivity contribution in [3.05, 3.63) is 59.4 Å². The van der Waals surface area contributed by atoms with Crippen molar-refractivity contribution in [2.45, 2.75) is 44.1 Å². The molecule has 0 radical (unpaired) electrons. The molecule has 154 valence electrons. The molecule has 4 aliphatic rings. The van der Waals surface area contributed by atoms with Gasteiger partial charge in [0.15, 0.2) is 5.69 Å². The van der Waals surface area contributed by atoms with Gasteiger partial charge in [0, 0.05) is 16.8 Å². The highest BCUT2D eigenvalue weighted by Gasteiger charge is 2.51. The second-order valence-corrected chi connectivity index (χ2v) is 9.84. The lowest BCUT2D eigenvalue weighted by atomic mass is 9.53. The highest BCUT2D eigenvalue weighted by Crippen LogP contribution is 2.55. The van der Waals surface area contributed by atoms with Crippen LogP contribution in [0.4, 0.5) is 0 Å². The molecule has 3 aromatic rings. The first-order valence-corrected chi connectivity index (χ1v) is 11.2.